The van der Waals surface area contributed by atoms with Crippen LogP contribution in [0.5, 0.6) is 0 Å². The van der Waals surface area contributed by atoms with Gasteiger partial charge in [0.05, 0.1) is 5.71 Å². The number of nitrogens with zero attached hydrogens (tertiary/aromatic N) is 2. The molecule has 3 saturated heterocycles. The first-order valence-corrected chi connectivity index (χ1v) is 4.88. The fraction of sp³-hybridized carbons (Fsp3) is 0.778. The maximum absolute atomic E-state index is 10.2. The lowest BCUT2D eigenvalue weighted by atomic mass is 9.87. The van der Waals surface area contributed by atoms with Gasteiger partial charge in [-0.1, -0.05) is 5.16 Å². The number of carboxylic acids is 1. The van der Waals surface area contributed by atoms with Crippen LogP contribution in [-0.2, 0) is 9.63 Å². The number of oxime groups is 1. The summed E-state index contributed by atoms with van der Waals surface area (Å²) in [6.45, 7) is 2.80. The molecule has 0 aromatic carbocycles. The summed E-state index contributed by atoms with van der Waals surface area (Å²) in [5.41, 5.74) is 1.02. The largest absolute Gasteiger partial charge is 0.479 e. The predicted molar refractivity (Wildman–Crippen MR) is 50.2 cm³/mol. The fourth-order valence-electron chi connectivity index (χ4n) is 2.06. The zero-order valence-electron chi connectivity index (χ0n) is 7.98. The molecule has 0 aliphatic carbocycles. The predicted octanol–water partition coefficient (Wildman–Crippen LogP) is 0.169. The molecule has 0 amide bonds. The van der Waals surface area contributed by atoms with Crippen molar-refractivity contribution in [1.82, 2.24) is 4.90 Å². The molecule has 2 bridgehead atoms. The van der Waals surface area contributed by atoms with E-state index in [4.69, 9.17) is 9.94 Å². The minimum atomic E-state index is -0.976. The van der Waals surface area contributed by atoms with Crippen molar-refractivity contribution in [2.45, 2.75) is 12.8 Å². The second-order valence-electron chi connectivity index (χ2n) is 3.80. The molecule has 0 aromatic rings. The van der Waals surface area contributed by atoms with Gasteiger partial charge >= 0.3 is 5.97 Å². The van der Waals surface area contributed by atoms with Crippen LogP contribution in [-0.4, -0.2) is 47.9 Å². The van der Waals surface area contributed by atoms with Gasteiger partial charge in [-0.05, 0) is 25.9 Å². The van der Waals surface area contributed by atoms with E-state index < -0.39 is 5.97 Å². The third kappa shape index (κ3) is 2.04. The standard InChI is InChI=1S/C9H14N2O3/c12-9(13)6-14-10-8-5-11-3-1-7(8)2-4-11/h7H,1-6H2,(H,12,13). The summed E-state index contributed by atoms with van der Waals surface area (Å²) in [5.74, 6) is -0.454. The van der Waals surface area contributed by atoms with Gasteiger partial charge < -0.3 is 9.94 Å². The maximum Gasteiger partial charge on any atom is 0.344 e. The zero-order valence-corrected chi connectivity index (χ0v) is 7.98. The monoisotopic (exact) mass is 198 g/mol. The van der Waals surface area contributed by atoms with Gasteiger partial charge in [0.1, 0.15) is 0 Å². The van der Waals surface area contributed by atoms with Gasteiger partial charge in [0.2, 0.25) is 6.61 Å². The average molecular weight is 198 g/mol. The highest BCUT2D eigenvalue weighted by atomic mass is 16.6. The van der Waals surface area contributed by atoms with Crippen molar-refractivity contribution < 1.29 is 14.7 Å². The summed E-state index contributed by atoms with van der Waals surface area (Å²) in [7, 11) is 0. The number of hydrogen-bond acceptors (Lipinski definition) is 4. The Kier molecular flexibility index (Phi) is 2.67. The van der Waals surface area contributed by atoms with Crippen molar-refractivity contribution in [2.24, 2.45) is 11.1 Å². The maximum atomic E-state index is 10.2. The van der Waals surface area contributed by atoms with Gasteiger partial charge in [0.15, 0.2) is 0 Å². The Hall–Kier alpha value is -1.10. The van der Waals surface area contributed by atoms with Gasteiger partial charge in [-0.2, -0.15) is 0 Å². The second kappa shape index (κ2) is 3.96. The van der Waals surface area contributed by atoms with E-state index >= 15 is 0 Å². The summed E-state index contributed by atoms with van der Waals surface area (Å²) in [4.78, 5) is 17.3. The van der Waals surface area contributed by atoms with E-state index in [0.717, 1.165) is 38.2 Å². The Labute approximate surface area is 82.3 Å². The van der Waals surface area contributed by atoms with Gasteiger partial charge in [-0.3, -0.25) is 4.90 Å². The molecule has 0 spiro atoms. The SMILES string of the molecule is O=C(O)CON=C1CN2CCC1CC2. The number of fused-ring (bicyclic) bond motifs is 3. The smallest absolute Gasteiger partial charge is 0.344 e. The molecule has 14 heavy (non-hydrogen) atoms. The highest BCUT2D eigenvalue weighted by Crippen LogP contribution is 2.25. The van der Waals surface area contributed by atoms with E-state index in [-0.39, 0.29) is 6.61 Å². The molecule has 5 nitrogen and oxygen atoms in total. The number of rotatable bonds is 3. The van der Waals surface area contributed by atoms with E-state index in [0.29, 0.717) is 5.92 Å². The van der Waals surface area contributed by atoms with Crippen LogP contribution in [0, 0.1) is 5.92 Å². The van der Waals surface area contributed by atoms with Crippen LogP contribution in [0.4, 0.5) is 0 Å². The van der Waals surface area contributed by atoms with Crippen molar-refractivity contribution in [1.29, 1.82) is 0 Å². The van der Waals surface area contributed by atoms with Crippen LogP contribution >= 0.6 is 0 Å². The quantitative estimate of drug-likeness (QED) is 0.656. The molecule has 5 heteroatoms. The Morgan fingerprint density at radius 3 is 2.79 bits per heavy atom. The van der Waals surface area contributed by atoms with Crippen LogP contribution in [0.1, 0.15) is 12.8 Å². The number of aliphatic carboxylic acids is 1. The minimum Gasteiger partial charge on any atom is -0.479 e. The van der Waals surface area contributed by atoms with Crippen molar-refractivity contribution in [3.8, 4) is 0 Å². The molecule has 78 valence electrons. The zero-order chi connectivity index (χ0) is 9.97. The highest BCUT2D eigenvalue weighted by Gasteiger charge is 2.31. The Morgan fingerprint density at radius 2 is 2.29 bits per heavy atom. The molecule has 0 unspecified atom stereocenters. The number of carboxylic acid groups (broad SMARTS) is 1. The number of piperidine rings is 3. The number of hydrogen-bond donors (Lipinski definition) is 1. The number of carbonyl (C=O) groups is 1. The first kappa shape index (κ1) is 9.45. The molecular weight excluding hydrogens is 184 g/mol. The van der Waals surface area contributed by atoms with Crippen molar-refractivity contribution in [3.05, 3.63) is 0 Å². The lowest BCUT2D eigenvalue weighted by Crippen LogP contribution is -2.48. The van der Waals surface area contributed by atoms with Gasteiger partial charge in [0.25, 0.3) is 0 Å². The highest BCUT2D eigenvalue weighted by molar-refractivity contribution is 5.89. The Morgan fingerprint density at radius 1 is 1.57 bits per heavy atom. The minimum absolute atomic E-state index is 0.337. The Balaban J connectivity index is 1.88. The van der Waals surface area contributed by atoms with E-state index in [1.54, 1.807) is 0 Å². The Bertz CT molecular complexity index is 257. The van der Waals surface area contributed by atoms with E-state index in [9.17, 15) is 4.79 Å². The second-order valence-corrected chi connectivity index (χ2v) is 3.80. The molecule has 0 atom stereocenters. The molecule has 1 N–H and O–H groups in total. The lowest BCUT2D eigenvalue weighted by Gasteiger charge is -2.39. The van der Waals surface area contributed by atoms with Crippen molar-refractivity contribution in [3.63, 3.8) is 0 Å². The molecule has 3 rings (SSSR count). The first-order chi connectivity index (χ1) is 6.75. The molecule has 0 saturated carbocycles. The topological polar surface area (TPSA) is 62.1 Å². The molecule has 3 aliphatic heterocycles. The third-order valence-electron chi connectivity index (χ3n) is 2.81. The summed E-state index contributed by atoms with van der Waals surface area (Å²) >= 11 is 0. The van der Waals surface area contributed by atoms with Crippen molar-refractivity contribution >= 4 is 11.7 Å². The molecule has 0 aromatic heterocycles. The third-order valence-corrected chi connectivity index (χ3v) is 2.81. The molecule has 3 aliphatic rings. The van der Waals surface area contributed by atoms with Crippen LogP contribution < -0.4 is 0 Å². The van der Waals surface area contributed by atoms with E-state index in [1.165, 1.54) is 0 Å². The van der Waals surface area contributed by atoms with Crippen LogP contribution in [0.3, 0.4) is 0 Å². The average Bonchev–Trinajstić information content (AvgIpc) is 2.19. The van der Waals surface area contributed by atoms with Crippen LogP contribution in [0.2, 0.25) is 0 Å². The molecule has 3 fully saturated rings. The van der Waals surface area contributed by atoms with Crippen LogP contribution in [0.15, 0.2) is 5.16 Å². The van der Waals surface area contributed by atoms with Gasteiger partial charge in [0, 0.05) is 12.5 Å². The normalized spacial score (nSPS) is 33.3. The van der Waals surface area contributed by atoms with Crippen LogP contribution in [0.25, 0.3) is 0 Å². The van der Waals surface area contributed by atoms with Crippen molar-refractivity contribution in [2.75, 3.05) is 26.2 Å². The fourth-order valence-corrected chi connectivity index (χ4v) is 2.06. The lowest BCUT2D eigenvalue weighted by molar-refractivity contribution is -0.142. The van der Waals surface area contributed by atoms with E-state index in [2.05, 4.69) is 10.1 Å². The summed E-state index contributed by atoms with van der Waals surface area (Å²) in [5, 5.41) is 12.3. The molecular formula is C9H14N2O3. The van der Waals surface area contributed by atoms with E-state index in [1.807, 2.05) is 0 Å². The summed E-state index contributed by atoms with van der Waals surface area (Å²) in [6, 6.07) is 0. The molecule has 0 radical (unpaired) electrons. The van der Waals surface area contributed by atoms with Gasteiger partial charge in [-0.15, -0.1) is 0 Å². The van der Waals surface area contributed by atoms with Gasteiger partial charge in [-0.25, -0.2) is 4.79 Å². The first-order valence-electron chi connectivity index (χ1n) is 4.88. The molecule has 3 heterocycles. The summed E-state index contributed by atoms with van der Waals surface area (Å²) in [6.07, 6.45) is 2.27. The summed E-state index contributed by atoms with van der Waals surface area (Å²) < 4.78 is 0.